The molecule has 0 saturated heterocycles. The minimum Gasteiger partial charge on any atom is -0.493 e. The van der Waals surface area contributed by atoms with Gasteiger partial charge in [0.1, 0.15) is 16.5 Å². The number of esters is 2. The van der Waals surface area contributed by atoms with Gasteiger partial charge in [-0.05, 0) is 62.6 Å². The summed E-state index contributed by atoms with van der Waals surface area (Å²) in [7, 11) is 2.81. The summed E-state index contributed by atoms with van der Waals surface area (Å²) in [5, 5.41) is 2.22. The van der Waals surface area contributed by atoms with E-state index in [1.165, 1.54) is 26.4 Å². The molecular formula is C36H37O7P. The van der Waals surface area contributed by atoms with E-state index in [0.29, 0.717) is 0 Å². The van der Waals surface area contributed by atoms with E-state index >= 15 is 4.79 Å². The summed E-state index contributed by atoms with van der Waals surface area (Å²) in [6.07, 6.45) is 0. The smallest absolute Gasteiger partial charge is 0.343 e. The first kappa shape index (κ1) is 32.3. The van der Waals surface area contributed by atoms with E-state index in [-0.39, 0.29) is 34.5 Å². The van der Waals surface area contributed by atoms with Gasteiger partial charge in [-0.15, -0.1) is 0 Å². The molecule has 0 atom stereocenters. The maximum absolute atomic E-state index is 15.2. The van der Waals surface area contributed by atoms with Gasteiger partial charge in [-0.2, -0.15) is 0 Å². The van der Waals surface area contributed by atoms with Crippen LogP contribution in [0, 0.1) is 0 Å². The van der Waals surface area contributed by atoms with Crippen LogP contribution in [-0.4, -0.2) is 49.4 Å². The zero-order chi connectivity index (χ0) is 31.9. The van der Waals surface area contributed by atoms with Crippen LogP contribution in [0.2, 0.25) is 0 Å². The summed E-state index contributed by atoms with van der Waals surface area (Å²) in [6, 6.07) is 31.5. The molecule has 0 unspecified atom stereocenters. The van der Waals surface area contributed by atoms with Crippen molar-refractivity contribution in [3.05, 3.63) is 114 Å². The summed E-state index contributed by atoms with van der Waals surface area (Å²) in [5.74, 6) is -1.96. The molecule has 0 aromatic heterocycles. The molecule has 4 aromatic rings. The summed E-state index contributed by atoms with van der Waals surface area (Å²) in [6.45, 7) is 3.71. The number of methoxy groups -OCH3 is 2. The van der Waals surface area contributed by atoms with Gasteiger partial charge in [0.05, 0.1) is 20.8 Å². The molecule has 0 amide bonds. The highest BCUT2D eigenvalue weighted by molar-refractivity contribution is 7.97. The molecule has 0 N–H and O–H groups in total. The molecule has 4 rings (SSSR count). The molecule has 7 nitrogen and oxygen atoms in total. The lowest BCUT2D eigenvalue weighted by Gasteiger charge is -2.33. The Bertz CT molecular complexity index is 1590. The molecule has 0 aliphatic carbocycles. The molecule has 0 saturated carbocycles. The van der Waals surface area contributed by atoms with Gasteiger partial charge in [-0.3, -0.25) is 4.79 Å². The van der Waals surface area contributed by atoms with Crippen molar-refractivity contribution in [1.29, 1.82) is 0 Å². The fourth-order valence-electron chi connectivity index (χ4n) is 5.15. The monoisotopic (exact) mass is 612 g/mol. The number of Topliss-reactive ketones (excluding diaryl/α,β-unsaturated/α-hetero) is 1. The second kappa shape index (κ2) is 13.8. The van der Waals surface area contributed by atoms with Crippen molar-refractivity contribution >= 4 is 45.8 Å². The predicted octanol–water partition coefficient (Wildman–Crippen LogP) is 5.57. The van der Waals surface area contributed by atoms with Gasteiger partial charge in [0.2, 0.25) is 5.78 Å². The van der Waals surface area contributed by atoms with Crippen LogP contribution in [0.1, 0.15) is 48.4 Å². The highest BCUT2D eigenvalue weighted by atomic mass is 31.2. The minimum absolute atomic E-state index is 0.0309. The highest BCUT2D eigenvalue weighted by Gasteiger charge is 2.41. The number of hydrogen-bond acceptors (Lipinski definition) is 7. The number of carbonyl (C=O) groups is 3. The van der Waals surface area contributed by atoms with Crippen molar-refractivity contribution in [2.24, 2.45) is 0 Å². The molecule has 0 heterocycles. The fraction of sp³-hybridized carbons (Fsp3) is 0.222. The quantitative estimate of drug-likeness (QED) is 0.100. The van der Waals surface area contributed by atoms with E-state index in [9.17, 15) is 9.59 Å². The van der Waals surface area contributed by atoms with E-state index in [1.54, 1.807) is 27.7 Å². The Labute approximate surface area is 258 Å². The Morgan fingerprint density at radius 3 is 1.55 bits per heavy atom. The molecule has 0 radical (unpaired) electrons. The van der Waals surface area contributed by atoms with Crippen molar-refractivity contribution in [2.75, 3.05) is 20.8 Å². The first-order valence-corrected chi connectivity index (χ1v) is 16.0. The van der Waals surface area contributed by atoms with Crippen LogP contribution < -0.4 is 25.4 Å². The molecule has 0 bridgehead atoms. The first-order chi connectivity index (χ1) is 21.1. The zero-order valence-electron chi connectivity index (χ0n) is 25.8. The number of hydrogen-bond donors (Lipinski definition) is 0. The maximum atomic E-state index is 15.2. The molecule has 4 aromatic carbocycles. The molecule has 8 heteroatoms. The minimum atomic E-state index is -3.27. The number of ether oxygens (including phenoxy) is 4. The number of ketones is 1. The topological polar surface area (TPSA) is 88.1 Å². The summed E-state index contributed by atoms with van der Waals surface area (Å²) in [4.78, 5) is 43.3. The van der Waals surface area contributed by atoms with Crippen molar-refractivity contribution in [3.63, 3.8) is 0 Å². The Kier molecular flexibility index (Phi) is 10.1. The third-order valence-electron chi connectivity index (χ3n) is 6.84. The van der Waals surface area contributed by atoms with Crippen LogP contribution in [0.5, 0.6) is 11.5 Å². The molecule has 228 valence electrons. The maximum Gasteiger partial charge on any atom is 0.343 e. The number of rotatable bonds is 10. The second-order valence-corrected chi connectivity index (χ2v) is 14.1. The average Bonchev–Trinajstić information content (AvgIpc) is 3.03. The lowest BCUT2D eigenvalue weighted by Crippen LogP contribution is -2.41. The molecule has 0 aliphatic rings. The van der Waals surface area contributed by atoms with E-state index in [4.69, 9.17) is 18.9 Å². The zero-order valence-corrected chi connectivity index (χ0v) is 26.7. The Hall–Kier alpha value is -4.61. The van der Waals surface area contributed by atoms with Crippen LogP contribution in [-0.2, 0) is 14.3 Å². The van der Waals surface area contributed by atoms with Crippen LogP contribution in [0.15, 0.2) is 103 Å². The molecule has 0 spiro atoms. The summed E-state index contributed by atoms with van der Waals surface area (Å²) < 4.78 is 22.4. The average molecular weight is 613 g/mol. The van der Waals surface area contributed by atoms with E-state index in [0.717, 1.165) is 15.9 Å². The van der Waals surface area contributed by atoms with Gasteiger partial charge < -0.3 is 18.9 Å². The van der Waals surface area contributed by atoms with Crippen molar-refractivity contribution in [2.45, 2.75) is 33.3 Å². The third-order valence-corrected chi connectivity index (χ3v) is 11.1. The van der Waals surface area contributed by atoms with Crippen LogP contribution in [0.3, 0.4) is 0 Å². The Morgan fingerprint density at radius 2 is 1.16 bits per heavy atom. The Balaban J connectivity index is 2.30. The van der Waals surface area contributed by atoms with Gasteiger partial charge in [0, 0.05) is 5.56 Å². The summed E-state index contributed by atoms with van der Waals surface area (Å²) >= 11 is 0. The first-order valence-electron chi connectivity index (χ1n) is 14.2. The lowest BCUT2D eigenvalue weighted by atomic mass is 9.99. The van der Waals surface area contributed by atoms with E-state index in [2.05, 4.69) is 0 Å². The Morgan fingerprint density at radius 1 is 0.682 bits per heavy atom. The largest absolute Gasteiger partial charge is 0.493 e. The second-order valence-electron chi connectivity index (χ2n) is 10.8. The lowest BCUT2D eigenvalue weighted by molar-refractivity contribution is -0.145. The number of carbonyl (C=O) groups excluding carboxylic acids is 3. The van der Waals surface area contributed by atoms with Gasteiger partial charge in [0.25, 0.3) is 0 Å². The molecule has 0 fully saturated rings. The van der Waals surface area contributed by atoms with Crippen molar-refractivity contribution in [3.8, 4) is 11.5 Å². The van der Waals surface area contributed by atoms with Crippen LogP contribution in [0.25, 0.3) is 0 Å². The van der Waals surface area contributed by atoms with Gasteiger partial charge in [-0.1, -0.05) is 91.0 Å². The summed E-state index contributed by atoms with van der Waals surface area (Å²) in [5.41, 5.74) is -1.12. The standard InChI is InChI=1S/C36H37O7P/c1-7-42-34(38)30-28(23-24-29(40-5)32(30)41-6)31(37)33(35(39)43-36(2,3)4)44(25-17-11-8-12-18-25,26-19-13-9-14-20-26)27-21-15-10-16-22-27/h8-24H,7H2,1-6H3. The highest BCUT2D eigenvalue weighted by Crippen LogP contribution is 2.48. The fourth-order valence-corrected chi connectivity index (χ4v) is 9.42. The number of benzene rings is 4. The third kappa shape index (κ3) is 6.34. The van der Waals surface area contributed by atoms with Crippen LogP contribution in [0.4, 0.5) is 0 Å². The van der Waals surface area contributed by atoms with Crippen LogP contribution >= 0.6 is 6.89 Å². The normalized spacial score (nSPS) is 11.3. The van der Waals surface area contributed by atoms with E-state index in [1.807, 2.05) is 91.0 Å². The molecular weight excluding hydrogens is 575 g/mol. The SMILES string of the molecule is CCOC(=O)c1c(C(=O)C(C(=O)OC(C)(C)C)=P(c2ccccc2)(c2ccccc2)c2ccccc2)ccc(OC)c1OC. The predicted molar refractivity (Wildman–Crippen MR) is 176 cm³/mol. The van der Waals surface area contributed by atoms with Crippen molar-refractivity contribution in [1.82, 2.24) is 0 Å². The van der Waals surface area contributed by atoms with Gasteiger partial charge in [0.15, 0.2) is 11.5 Å². The molecule has 0 aliphatic heterocycles. The van der Waals surface area contributed by atoms with Crippen molar-refractivity contribution < 1.29 is 33.3 Å². The molecule has 44 heavy (non-hydrogen) atoms. The van der Waals surface area contributed by atoms with Gasteiger partial charge >= 0.3 is 11.9 Å². The van der Waals surface area contributed by atoms with Gasteiger partial charge in [-0.25, -0.2) is 9.59 Å². The van der Waals surface area contributed by atoms with E-state index < -0.39 is 30.2 Å².